The predicted molar refractivity (Wildman–Crippen MR) is 67.8 cm³/mol. The lowest BCUT2D eigenvalue weighted by molar-refractivity contribution is 1.11. The van der Waals surface area contributed by atoms with Crippen molar-refractivity contribution in [2.75, 3.05) is 0 Å². The van der Waals surface area contributed by atoms with Gasteiger partial charge in [0.25, 0.3) is 0 Å². The van der Waals surface area contributed by atoms with E-state index in [0.29, 0.717) is 0 Å². The second-order valence-electron chi connectivity index (χ2n) is 3.79. The van der Waals surface area contributed by atoms with Gasteiger partial charge in [-0.15, -0.1) is 0 Å². The Kier molecular flexibility index (Phi) is 2.44. The second kappa shape index (κ2) is 4.23. The van der Waals surface area contributed by atoms with Gasteiger partial charge in [-0.1, -0.05) is 30.3 Å². The molecule has 1 aliphatic rings. The average molecular weight is 218 g/mol. The van der Waals surface area contributed by atoms with Crippen LogP contribution in [0.5, 0.6) is 0 Å². The van der Waals surface area contributed by atoms with E-state index in [-0.39, 0.29) is 0 Å². The lowest BCUT2D eigenvalue weighted by Crippen LogP contribution is -1.94. The topological polar surface area (TPSA) is 25.2 Å². The summed E-state index contributed by atoms with van der Waals surface area (Å²) in [6, 6.07) is 13.9. The number of fused-ring (bicyclic) bond motifs is 1. The summed E-state index contributed by atoms with van der Waals surface area (Å²) in [6.07, 6.45) is 1.74. The monoisotopic (exact) mass is 218 g/mol. The number of aliphatic imine (C=N–C) groups is 1. The van der Waals surface area contributed by atoms with E-state index in [9.17, 15) is 0 Å². The summed E-state index contributed by atoms with van der Waals surface area (Å²) < 4.78 is 0. The molecular formula is C15H10N2. The highest BCUT2D eigenvalue weighted by Crippen LogP contribution is 2.17. The highest BCUT2D eigenvalue weighted by molar-refractivity contribution is 6.15. The smallest absolute Gasteiger partial charge is 0.115 e. The van der Waals surface area contributed by atoms with Gasteiger partial charge in [0.05, 0.1) is 6.54 Å². The molecule has 0 aliphatic carbocycles. The van der Waals surface area contributed by atoms with Crippen LogP contribution in [0.25, 0.3) is 0 Å². The average Bonchev–Trinajstić information content (AvgIpc) is 2.81. The van der Waals surface area contributed by atoms with Crippen molar-refractivity contribution in [1.82, 2.24) is 4.98 Å². The first-order valence-corrected chi connectivity index (χ1v) is 5.49. The Hall–Kier alpha value is -2.40. The van der Waals surface area contributed by atoms with Gasteiger partial charge in [0, 0.05) is 11.8 Å². The summed E-state index contributed by atoms with van der Waals surface area (Å²) in [5, 5.41) is 0. The fourth-order valence-corrected chi connectivity index (χ4v) is 1.81. The molecule has 1 aromatic carbocycles. The molecule has 17 heavy (non-hydrogen) atoms. The van der Waals surface area contributed by atoms with Crippen LogP contribution in [0.3, 0.4) is 0 Å². The third kappa shape index (κ3) is 1.95. The van der Waals surface area contributed by atoms with Crippen molar-refractivity contribution < 1.29 is 0 Å². The highest BCUT2D eigenvalue weighted by Gasteiger charge is 2.12. The van der Waals surface area contributed by atoms with E-state index in [0.717, 1.165) is 23.5 Å². The molecule has 0 spiro atoms. The minimum Gasteiger partial charge on any atom is -0.271 e. The number of hydrogen-bond acceptors (Lipinski definition) is 2. The van der Waals surface area contributed by atoms with Gasteiger partial charge in [0.15, 0.2) is 0 Å². The lowest BCUT2D eigenvalue weighted by Gasteiger charge is -1.95. The van der Waals surface area contributed by atoms with Crippen molar-refractivity contribution in [1.29, 1.82) is 0 Å². The summed E-state index contributed by atoms with van der Waals surface area (Å²) in [7, 11) is 0. The zero-order valence-corrected chi connectivity index (χ0v) is 9.22. The van der Waals surface area contributed by atoms with E-state index in [1.165, 1.54) is 5.56 Å². The van der Waals surface area contributed by atoms with Crippen LogP contribution in [-0.4, -0.2) is 10.7 Å². The van der Waals surface area contributed by atoms with Gasteiger partial charge in [0.1, 0.15) is 11.4 Å². The Morgan fingerprint density at radius 2 is 1.82 bits per heavy atom. The van der Waals surface area contributed by atoms with Crippen molar-refractivity contribution in [3.05, 3.63) is 65.5 Å². The number of nitrogens with zero attached hydrogens (tertiary/aromatic N) is 2. The molecule has 0 radical (unpaired) electrons. The van der Waals surface area contributed by atoms with Crippen molar-refractivity contribution in [2.24, 2.45) is 4.99 Å². The number of aromatic nitrogens is 1. The molecule has 0 unspecified atom stereocenters. The fourth-order valence-electron chi connectivity index (χ4n) is 1.81. The molecular weight excluding hydrogens is 208 g/mol. The summed E-state index contributed by atoms with van der Waals surface area (Å²) in [4.78, 5) is 8.60. The molecule has 0 saturated carbocycles. The summed E-state index contributed by atoms with van der Waals surface area (Å²) in [5.74, 6) is 6.13. The molecule has 2 heterocycles. The van der Waals surface area contributed by atoms with E-state index in [4.69, 9.17) is 0 Å². The third-order valence-electron chi connectivity index (χ3n) is 2.65. The minimum atomic E-state index is 0.738. The van der Waals surface area contributed by atoms with Crippen LogP contribution >= 0.6 is 0 Å². The van der Waals surface area contributed by atoms with Gasteiger partial charge in [-0.05, 0) is 29.5 Å². The maximum absolute atomic E-state index is 4.43. The molecule has 2 aromatic rings. The largest absolute Gasteiger partial charge is 0.271 e. The lowest BCUT2D eigenvalue weighted by atomic mass is 10.1. The fraction of sp³-hybridized carbons (Fsp3) is 0.0667. The summed E-state index contributed by atoms with van der Waals surface area (Å²) >= 11 is 0. The van der Waals surface area contributed by atoms with Gasteiger partial charge in [-0.2, -0.15) is 0 Å². The normalized spacial score (nSPS) is 12.4. The first kappa shape index (κ1) is 9.80. The van der Waals surface area contributed by atoms with Gasteiger partial charge >= 0.3 is 0 Å². The van der Waals surface area contributed by atoms with E-state index >= 15 is 0 Å². The SMILES string of the molecule is C(#Cc1ccccn1)C1=NCc2ccccc21. The molecule has 0 N–H and O–H groups in total. The number of rotatable bonds is 0. The predicted octanol–water partition coefficient (Wildman–Crippen LogP) is 2.44. The molecule has 0 saturated heterocycles. The number of pyridine rings is 1. The maximum Gasteiger partial charge on any atom is 0.115 e. The highest BCUT2D eigenvalue weighted by atomic mass is 14.8. The van der Waals surface area contributed by atoms with Gasteiger partial charge < -0.3 is 0 Å². The molecule has 1 aromatic heterocycles. The zero-order chi connectivity index (χ0) is 11.5. The van der Waals surface area contributed by atoms with E-state index < -0.39 is 0 Å². The quantitative estimate of drug-likeness (QED) is 0.623. The van der Waals surface area contributed by atoms with Gasteiger partial charge in [0.2, 0.25) is 0 Å². The summed E-state index contributed by atoms with van der Waals surface area (Å²) in [5.41, 5.74) is 4.04. The van der Waals surface area contributed by atoms with E-state index in [2.05, 4.69) is 33.9 Å². The minimum absolute atomic E-state index is 0.738. The molecule has 0 fully saturated rings. The van der Waals surface area contributed by atoms with Crippen molar-refractivity contribution in [3.8, 4) is 11.8 Å². The Morgan fingerprint density at radius 1 is 0.941 bits per heavy atom. The second-order valence-corrected chi connectivity index (χ2v) is 3.79. The first-order chi connectivity index (χ1) is 8.43. The zero-order valence-electron chi connectivity index (χ0n) is 9.22. The van der Waals surface area contributed by atoms with Crippen molar-refractivity contribution in [3.63, 3.8) is 0 Å². The maximum atomic E-state index is 4.43. The number of hydrogen-bond donors (Lipinski definition) is 0. The van der Waals surface area contributed by atoms with E-state index in [1.807, 2.05) is 30.3 Å². The van der Waals surface area contributed by atoms with Crippen LogP contribution in [0.15, 0.2) is 53.7 Å². The Labute approximate surface area is 100 Å². The van der Waals surface area contributed by atoms with Crippen LogP contribution in [0.2, 0.25) is 0 Å². The molecule has 2 heteroatoms. The summed E-state index contributed by atoms with van der Waals surface area (Å²) in [6.45, 7) is 0.738. The first-order valence-electron chi connectivity index (χ1n) is 5.49. The number of benzene rings is 1. The molecule has 0 bridgehead atoms. The molecule has 2 nitrogen and oxygen atoms in total. The van der Waals surface area contributed by atoms with Crippen LogP contribution in [-0.2, 0) is 6.54 Å². The Morgan fingerprint density at radius 3 is 2.71 bits per heavy atom. The van der Waals surface area contributed by atoms with Gasteiger partial charge in [-0.25, -0.2) is 4.98 Å². The Balaban J connectivity index is 1.92. The molecule has 80 valence electrons. The van der Waals surface area contributed by atoms with Gasteiger partial charge in [-0.3, -0.25) is 4.99 Å². The standard InChI is InChI=1S/C15H10N2/c1-2-7-14-12(5-1)11-17-15(14)9-8-13-6-3-4-10-16-13/h1-7,10H,11H2. The van der Waals surface area contributed by atoms with Crippen molar-refractivity contribution in [2.45, 2.75) is 6.54 Å². The Bertz CT molecular complexity index is 631. The van der Waals surface area contributed by atoms with Crippen LogP contribution in [0, 0.1) is 11.8 Å². The molecule has 1 aliphatic heterocycles. The van der Waals surface area contributed by atoms with E-state index in [1.54, 1.807) is 6.20 Å². The van der Waals surface area contributed by atoms with Crippen molar-refractivity contribution >= 4 is 5.71 Å². The molecule has 0 amide bonds. The van der Waals surface area contributed by atoms with Crippen LogP contribution in [0.1, 0.15) is 16.8 Å². The third-order valence-corrected chi connectivity index (χ3v) is 2.65. The molecule has 0 atom stereocenters. The van der Waals surface area contributed by atoms with Crippen LogP contribution < -0.4 is 0 Å². The van der Waals surface area contributed by atoms with Crippen LogP contribution in [0.4, 0.5) is 0 Å². The molecule has 3 rings (SSSR count).